The van der Waals surface area contributed by atoms with E-state index in [0.717, 1.165) is 46.4 Å². The zero-order valence-electron chi connectivity index (χ0n) is 18.5. The number of hydrogen-bond acceptors (Lipinski definition) is 5. The molecule has 0 saturated carbocycles. The van der Waals surface area contributed by atoms with Crippen LogP contribution in [0.1, 0.15) is 24.2 Å². The molecule has 0 bridgehead atoms. The predicted octanol–water partition coefficient (Wildman–Crippen LogP) is 2.45. The van der Waals surface area contributed by atoms with Gasteiger partial charge in [-0.05, 0) is 54.2 Å². The van der Waals surface area contributed by atoms with Crippen molar-refractivity contribution in [2.45, 2.75) is 13.8 Å². The maximum atomic E-state index is 13.6. The second kappa shape index (κ2) is 10.8. The molecule has 4 aromatic rings. The fraction of sp³-hybridized carbons (Fsp3) is 0.280. The Hall–Kier alpha value is -2.67. The first-order chi connectivity index (χ1) is 15.1. The Balaban J connectivity index is 0.00000289. The highest BCUT2D eigenvalue weighted by atomic mass is 35.5. The lowest BCUT2D eigenvalue weighted by atomic mass is 10.1. The van der Waals surface area contributed by atoms with Gasteiger partial charge >= 0.3 is 0 Å². The maximum Gasteiger partial charge on any atom is 0.260 e. The highest BCUT2D eigenvalue weighted by Gasteiger charge is 2.22. The van der Waals surface area contributed by atoms with E-state index in [9.17, 15) is 4.79 Å². The van der Waals surface area contributed by atoms with Gasteiger partial charge in [0.1, 0.15) is 5.75 Å². The average Bonchev–Trinajstić information content (AvgIpc) is 3.24. The van der Waals surface area contributed by atoms with E-state index in [-0.39, 0.29) is 18.3 Å². The number of ether oxygens (including phenoxy) is 1. The number of thiazole rings is 1. The van der Waals surface area contributed by atoms with Gasteiger partial charge in [-0.15, -0.1) is 0 Å². The van der Waals surface area contributed by atoms with Crippen LogP contribution in [0.25, 0.3) is 21.0 Å². The second-order valence-corrected chi connectivity index (χ2v) is 8.38. The Labute approximate surface area is 199 Å². The van der Waals surface area contributed by atoms with Gasteiger partial charge in [-0.1, -0.05) is 55.5 Å². The summed E-state index contributed by atoms with van der Waals surface area (Å²) in [7, 11) is 1.66. The molecule has 1 aromatic heterocycles. The van der Waals surface area contributed by atoms with E-state index >= 15 is 0 Å². The number of carbonyl (C=O) groups is 1. The van der Waals surface area contributed by atoms with Crippen molar-refractivity contribution >= 4 is 43.4 Å². The van der Waals surface area contributed by atoms with Crippen molar-refractivity contribution in [2.24, 2.45) is 0 Å². The number of halogens is 1. The smallest absolute Gasteiger partial charge is 0.260 e. The third kappa shape index (κ3) is 5.04. The minimum atomic E-state index is -0.0241. The number of fused-ring (bicyclic) bond motifs is 2. The van der Waals surface area contributed by atoms with Crippen molar-refractivity contribution in [2.75, 3.05) is 38.2 Å². The van der Waals surface area contributed by atoms with Crippen LogP contribution in [0.5, 0.6) is 5.75 Å². The summed E-state index contributed by atoms with van der Waals surface area (Å²) in [6, 6.07) is 19.8. The van der Waals surface area contributed by atoms with Crippen LogP contribution in [-0.4, -0.2) is 49.1 Å². The topological polar surface area (TPSA) is 45.7 Å². The molecule has 168 valence electrons. The summed E-state index contributed by atoms with van der Waals surface area (Å²) in [5.74, 6) is 0.766. The van der Waals surface area contributed by atoms with Gasteiger partial charge in [0.25, 0.3) is 5.91 Å². The molecule has 0 N–H and O–H groups in total. The van der Waals surface area contributed by atoms with Gasteiger partial charge in [0.05, 0.1) is 17.3 Å². The molecular weight excluding hydrogens is 442 g/mol. The number of nitrogens with zero attached hydrogens (tertiary/aromatic N) is 3. The second-order valence-electron chi connectivity index (χ2n) is 7.38. The average molecular weight is 469 g/mol. The zero-order valence-corrected chi connectivity index (χ0v) is 20.1. The van der Waals surface area contributed by atoms with Crippen LogP contribution < -0.4 is 22.0 Å². The molecule has 3 aromatic carbocycles. The molecule has 1 amide bonds. The Morgan fingerprint density at radius 1 is 0.969 bits per heavy atom. The standard InChI is InChI=1S/C25H27N3O2S.ClH/c1-4-27(5-2)14-15-28(25-26-22-13-12-21(30-3)17-23(22)31-25)24(29)20-11-10-18-8-6-7-9-19(18)16-20;/h6-13,16-17H,4-5,14-15H2,1-3H3;1H/p-1. The number of benzene rings is 3. The SMILES string of the molecule is CCN(CC)CCN(C(=O)c1ccc2ccccc2c1)c1nc2ccc(OC)cc2s1.[Cl-]. The van der Waals surface area contributed by atoms with Gasteiger partial charge in [-0.25, -0.2) is 4.98 Å². The first-order valence-corrected chi connectivity index (χ1v) is 11.4. The van der Waals surface area contributed by atoms with Crippen LogP contribution in [-0.2, 0) is 0 Å². The maximum absolute atomic E-state index is 13.6. The minimum Gasteiger partial charge on any atom is -1.00 e. The van der Waals surface area contributed by atoms with Crippen molar-refractivity contribution in [3.63, 3.8) is 0 Å². The molecule has 0 atom stereocenters. The van der Waals surface area contributed by atoms with Crippen molar-refractivity contribution in [1.82, 2.24) is 9.88 Å². The van der Waals surface area contributed by atoms with Gasteiger partial charge in [0.2, 0.25) is 0 Å². The molecule has 0 spiro atoms. The molecule has 7 heteroatoms. The van der Waals surface area contributed by atoms with Crippen molar-refractivity contribution in [3.8, 4) is 5.75 Å². The molecule has 5 nitrogen and oxygen atoms in total. The number of hydrogen-bond donors (Lipinski definition) is 0. The molecule has 0 aliphatic heterocycles. The van der Waals surface area contributed by atoms with Gasteiger partial charge in [0.15, 0.2) is 5.13 Å². The molecular formula is C25H27ClN3O2S-. The summed E-state index contributed by atoms with van der Waals surface area (Å²) in [6.45, 7) is 7.57. The summed E-state index contributed by atoms with van der Waals surface area (Å²) in [5.41, 5.74) is 1.55. The third-order valence-electron chi connectivity index (χ3n) is 5.59. The van der Waals surface area contributed by atoms with Crippen LogP contribution >= 0.6 is 11.3 Å². The molecule has 0 unspecified atom stereocenters. The number of anilines is 1. The first-order valence-electron chi connectivity index (χ1n) is 10.6. The zero-order chi connectivity index (χ0) is 21.8. The molecule has 32 heavy (non-hydrogen) atoms. The summed E-state index contributed by atoms with van der Waals surface area (Å²) < 4.78 is 6.36. The van der Waals surface area contributed by atoms with Crippen LogP contribution in [0.15, 0.2) is 60.7 Å². The number of rotatable bonds is 8. The van der Waals surface area contributed by atoms with Gasteiger partial charge in [-0.2, -0.15) is 0 Å². The van der Waals surface area contributed by atoms with E-state index in [4.69, 9.17) is 9.72 Å². The molecule has 0 saturated heterocycles. The monoisotopic (exact) mass is 468 g/mol. The molecule has 0 radical (unpaired) electrons. The summed E-state index contributed by atoms with van der Waals surface area (Å²) in [4.78, 5) is 22.5. The lowest BCUT2D eigenvalue weighted by Crippen LogP contribution is -3.00. The van der Waals surface area contributed by atoms with E-state index in [0.29, 0.717) is 17.2 Å². The largest absolute Gasteiger partial charge is 1.00 e. The Bertz CT molecular complexity index is 1210. The van der Waals surface area contributed by atoms with Gasteiger partial charge < -0.3 is 22.0 Å². The van der Waals surface area contributed by atoms with E-state index < -0.39 is 0 Å². The molecule has 1 heterocycles. The van der Waals surface area contributed by atoms with E-state index in [1.165, 1.54) is 11.3 Å². The molecule has 0 aliphatic rings. The predicted molar refractivity (Wildman–Crippen MR) is 130 cm³/mol. The van der Waals surface area contributed by atoms with Crippen LogP contribution in [0.2, 0.25) is 0 Å². The normalized spacial score (nSPS) is 11.0. The Morgan fingerprint density at radius 3 is 2.44 bits per heavy atom. The molecule has 0 fully saturated rings. The minimum absolute atomic E-state index is 0. The van der Waals surface area contributed by atoms with Crippen LogP contribution in [0.4, 0.5) is 5.13 Å². The van der Waals surface area contributed by atoms with E-state index in [2.05, 4.69) is 24.8 Å². The third-order valence-corrected chi connectivity index (χ3v) is 6.63. The van der Waals surface area contributed by atoms with Crippen LogP contribution in [0, 0.1) is 0 Å². The van der Waals surface area contributed by atoms with Gasteiger partial charge in [-0.3, -0.25) is 9.69 Å². The first kappa shape index (κ1) is 24.0. The fourth-order valence-corrected chi connectivity index (χ4v) is 4.70. The van der Waals surface area contributed by atoms with Crippen molar-refractivity contribution in [3.05, 3.63) is 66.2 Å². The number of aromatic nitrogens is 1. The fourth-order valence-electron chi connectivity index (χ4n) is 3.68. The van der Waals surface area contributed by atoms with E-state index in [1.807, 2.05) is 59.5 Å². The highest BCUT2D eigenvalue weighted by molar-refractivity contribution is 7.22. The van der Waals surface area contributed by atoms with Crippen molar-refractivity contribution in [1.29, 1.82) is 0 Å². The van der Waals surface area contributed by atoms with Gasteiger partial charge in [0, 0.05) is 18.7 Å². The Morgan fingerprint density at radius 2 is 1.72 bits per heavy atom. The lowest BCUT2D eigenvalue weighted by Gasteiger charge is -2.24. The summed E-state index contributed by atoms with van der Waals surface area (Å²) in [6.07, 6.45) is 0. The summed E-state index contributed by atoms with van der Waals surface area (Å²) >= 11 is 1.52. The van der Waals surface area contributed by atoms with Crippen molar-refractivity contribution < 1.29 is 21.9 Å². The quantitative estimate of drug-likeness (QED) is 0.398. The number of methoxy groups -OCH3 is 1. The van der Waals surface area contributed by atoms with Crippen LogP contribution in [0.3, 0.4) is 0 Å². The Kier molecular flexibility index (Phi) is 8.07. The molecule has 4 rings (SSSR count). The number of amides is 1. The molecule has 0 aliphatic carbocycles. The number of carbonyl (C=O) groups excluding carboxylic acids is 1. The number of likely N-dealkylation sites (N-methyl/N-ethyl adjacent to an activating group) is 1. The lowest BCUT2D eigenvalue weighted by molar-refractivity contribution is -0.0000142. The van der Waals surface area contributed by atoms with E-state index in [1.54, 1.807) is 7.11 Å². The highest BCUT2D eigenvalue weighted by Crippen LogP contribution is 2.32. The summed E-state index contributed by atoms with van der Waals surface area (Å²) in [5, 5.41) is 2.90.